The van der Waals surface area contributed by atoms with Gasteiger partial charge in [-0.25, -0.2) is 4.68 Å². The normalized spacial score (nSPS) is 15.8. The molecule has 0 radical (unpaired) electrons. The molecule has 0 aliphatic carbocycles. The minimum absolute atomic E-state index is 0.0978. The van der Waals surface area contributed by atoms with Crippen LogP contribution in [0.5, 0.6) is 5.75 Å². The number of hydrogen-bond acceptors (Lipinski definition) is 4. The van der Waals surface area contributed by atoms with Crippen molar-refractivity contribution in [3.8, 4) is 17.0 Å². The van der Waals surface area contributed by atoms with Gasteiger partial charge in [-0.2, -0.15) is 5.10 Å². The van der Waals surface area contributed by atoms with Gasteiger partial charge in [0.25, 0.3) is 5.91 Å². The molecule has 0 unspecified atom stereocenters. The van der Waals surface area contributed by atoms with Crippen molar-refractivity contribution in [2.24, 2.45) is 0 Å². The third kappa shape index (κ3) is 3.88. The van der Waals surface area contributed by atoms with E-state index >= 15 is 0 Å². The maximum absolute atomic E-state index is 12.3. The summed E-state index contributed by atoms with van der Waals surface area (Å²) in [6.07, 6.45) is 0.764. The number of fused-ring (bicyclic) bond motifs is 1. The number of hydrogen-bond donors (Lipinski definition) is 2. The lowest BCUT2D eigenvalue weighted by Crippen LogP contribution is -2.45. The van der Waals surface area contributed by atoms with Crippen molar-refractivity contribution in [3.05, 3.63) is 70.9 Å². The molecule has 0 saturated heterocycles. The third-order valence-electron chi connectivity index (χ3n) is 4.79. The Morgan fingerprint density at radius 2 is 2.07 bits per heavy atom. The molecule has 7 heteroatoms. The number of aromatic nitrogens is 2. The average Bonchev–Trinajstić information content (AvgIpc) is 3.18. The number of methoxy groups -OCH3 is 1. The van der Waals surface area contributed by atoms with E-state index in [0.29, 0.717) is 12.2 Å². The predicted octanol–water partition coefficient (Wildman–Crippen LogP) is 3.29. The first-order valence-electron chi connectivity index (χ1n) is 9.14. The van der Waals surface area contributed by atoms with Crippen LogP contribution in [0.15, 0.2) is 54.6 Å². The summed E-state index contributed by atoms with van der Waals surface area (Å²) >= 11 is 5.93. The molecule has 3 aromatic rings. The molecule has 0 bridgehead atoms. The van der Waals surface area contributed by atoms with Gasteiger partial charge in [0.1, 0.15) is 17.6 Å². The number of nitrogens with one attached hydrogen (secondary N) is 2. The summed E-state index contributed by atoms with van der Waals surface area (Å²) in [5, 5.41) is 11.8. The highest BCUT2D eigenvalue weighted by Gasteiger charge is 2.27. The van der Waals surface area contributed by atoms with Gasteiger partial charge in [-0.1, -0.05) is 35.9 Å². The highest BCUT2D eigenvalue weighted by atomic mass is 35.5. The monoisotopic (exact) mass is 396 g/mol. The first-order valence-corrected chi connectivity index (χ1v) is 9.52. The molecular formula is C21H21ClN4O2. The van der Waals surface area contributed by atoms with Gasteiger partial charge < -0.3 is 10.1 Å². The van der Waals surface area contributed by atoms with Crippen LogP contribution in [0.25, 0.3) is 11.3 Å². The lowest BCUT2D eigenvalue weighted by Gasteiger charge is -2.25. The van der Waals surface area contributed by atoms with Crippen LogP contribution in [0.4, 0.5) is 0 Å². The van der Waals surface area contributed by atoms with E-state index in [9.17, 15) is 4.79 Å². The van der Waals surface area contributed by atoms with Crippen LogP contribution in [0.3, 0.4) is 0 Å². The minimum Gasteiger partial charge on any atom is -0.497 e. The molecule has 1 aliphatic heterocycles. The van der Waals surface area contributed by atoms with Crippen molar-refractivity contribution >= 4 is 17.5 Å². The molecule has 2 heterocycles. The Labute approximate surface area is 168 Å². The zero-order chi connectivity index (χ0) is 19.5. The zero-order valence-corrected chi connectivity index (χ0v) is 16.2. The van der Waals surface area contributed by atoms with Crippen molar-refractivity contribution < 1.29 is 9.53 Å². The van der Waals surface area contributed by atoms with Gasteiger partial charge in [-0.15, -0.1) is 0 Å². The average molecular weight is 397 g/mol. The van der Waals surface area contributed by atoms with Gasteiger partial charge >= 0.3 is 0 Å². The standard InChI is InChI=1S/C21H21ClN4O2/c1-28-17-4-2-3-15(11-17)18-12-19-21(27)24-13-20(26(19)25-18)23-10-9-14-5-7-16(22)8-6-14/h2-8,11-12,20,23H,9-10,13H2,1H3,(H,24,27)/t20-/m1/s1. The molecule has 2 N–H and O–H groups in total. The summed E-state index contributed by atoms with van der Waals surface area (Å²) in [5.74, 6) is 0.642. The lowest BCUT2D eigenvalue weighted by molar-refractivity contribution is 0.0901. The Bertz CT molecular complexity index is 984. The van der Waals surface area contributed by atoms with Crippen molar-refractivity contribution in [1.29, 1.82) is 0 Å². The summed E-state index contributed by atoms with van der Waals surface area (Å²) in [5.41, 5.74) is 3.41. The fourth-order valence-electron chi connectivity index (χ4n) is 3.28. The topological polar surface area (TPSA) is 68.2 Å². The molecule has 1 aliphatic rings. The second-order valence-electron chi connectivity index (χ2n) is 6.65. The molecule has 1 atom stereocenters. The molecule has 1 amide bonds. The van der Waals surface area contributed by atoms with Crippen LogP contribution >= 0.6 is 11.6 Å². The molecular weight excluding hydrogens is 376 g/mol. The van der Waals surface area contributed by atoms with Crippen LogP contribution < -0.4 is 15.4 Å². The Morgan fingerprint density at radius 3 is 2.86 bits per heavy atom. The predicted molar refractivity (Wildman–Crippen MR) is 109 cm³/mol. The molecule has 144 valence electrons. The molecule has 28 heavy (non-hydrogen) atoms. The number of halogens is 1. The van der Waals surface area contributed by atoms with E-state index in [0.717, 1.165) is 35.0 Å². The maximum atomic E-state index is 12.3. The molecule has 1 aromatic heterocycles. The first kappa shape index (κ1) is 18.5. The second kappa shape index (κ2) is 8.04. The fraction of sp³-hybridized carbons (Fsp3) is 0.238. The number of benzene rings is 2. The van der Waals surface area contributed by atoms with Crippen LogP contribution in [-0.4, -0.2) is 35.9 Å². The molecule has 0 saturated carbocycles. The van der Waals surface area contributed by atoms with E-state index in [2.05, 4.69) is 15.7 Å². The van der Waals surface area contributed by atoms with E-state index in [1.165, 1.54) is 5.56 Å². The van der Waals surface area contributed by atoms with Crippen LogP contribution in [0.1, 0.15) is 22.2 Å². The van der Waals surface area contributed by atoms with E-state index in [1.807, 2.05) is 54.6 Å². The fourth-order valence-corrected chi connectivity index (χ4v) is 3.41. The number of amides is 1. The Hall–Kier alpha value is -2.83. The summed E-state index contributed by atoms with van der Waals surface area (Å²) < 4.78 is 7.06. The van der Waals surface area contributed by atoms with E-state index < -0.39 is 0 Å². The van der Waals surface area contributed by atoms with Gasteiger partial charge in [-0.3, -0.25) is 10.1 Å². The number of carbonyl (C=O) groups is 1. The van der Waals surface area contributed by atoms with E-state index in [1.54, 1.807) is 11.8 Å². The largest absolute Gasteiger partial charge is 0.497 e. The minimum atomic E-state index is -0.114. The van der Waals surface area contributed by atoms with Crippen molar-refractivity contribution in [2.45, 2.75) is 12.6 Å². The molecule has 0 spiro atoms. The van der Waals surface area contributed by atoms with Crippen LogP contribution in [0.2, 0.25) is 5.02 Å². The summed E-state index contributed by atoms with van der Waals surface area (Å²) in [7, 11) is 1.63. The summed E-state index contributed by atoms with van der Waals surface area (Å²) in [6.45, 7) is 1.25. The lowest BCUT2D eigenvalue weighted by atomic mass is 10.1. The third-order valence-corrected chi connectivity index (χ3v) is 5.04. The SMILES string of the molecule is COc1cccc(-c2cc3n(n2)[C@@H](NCCc2ccc(Cl)cc2)CNC3=O)c1. The second-order valence-corrected chi connectivity index (χ2v) is 7.08. The summed E-state index contributed by atoms with van der Waals surface area (Å²) in [4.78, 5) is 12.3. The number of rotatable bonds is 6. The smallest absolute Gasteiger partial charge is 0.269 e. The Balaban J connectivity index is 1.51. The van der Waals surface area contributed by atoms with Gasteiger partial charge in [0, 0.05) is 17.1 Å². The highest BCUT2D eigenvalue weighted by molar-refractivity contribution is 6.30. The summed E-state index contributed by atoms with van der Waals surface area (Å²) in [6, 6.07) is 17.3. The van der Waals surface area contributed by atoms with Crippen LogP contribution in [-0.2, 0) is 6.42 Å². The van der Waals surface area contributed by atoms with Gasteiger partial charge in [0.2, 0.25) is 0 Å². The van der Waals surface area contributed by atoms with E-state index in [4.69, 9.17) is 16.3 Å². The Kier molecular flexibility index (Phi) is 5.32. The molecule has 6 nitrogen and oxygen atoms in total. The Morgan fingerprint density at radius 1 is 1.25 bits per heavy atom. The van der Waals surface area contributed by atoms with Gasteiger partial charge in [0.05, 0.1) is 19.3 Å². The maximum Gasteiger partial charge on any atom is 0.269 e. The van der Waals surface area contributed by atoms with Crippen molar-refractivity contribution in [1.82, 2.24) is 20.4 Å². The first-order chi connectivity index (χ1) is 13.6. The van der Waals surface area contributed by atoms with Crippen molar-refractivity contribution in [3.63, 3.8) is 0 Å². The number of ether oxygens (including phenoxy) is 1. The van der Waals surface area contributed by atoms with Crippen molar-refractivity contribution in [2.75, 3.05) is 20.2 Å². The molecule has 0 fully saturated rings. The molecule has 2 aromatic carbocycles. The van der Waals surface area contributed by atoms with Crippen LogP contribution in [0, 0.1) is 0 Å². The number of carbonyl (C=O) groups excluding carboxylic acids is 1. The number of nitrogens with zero attached hydrogens (tertiary/aromatic N) is 2. The highest BCUT2D eigenvalue weighted by Crippen LogP contribution is 2.25. The quantitative estimate of drug-likeness (QED) is 0.671. The zero-order valence-electron chi connectivity index (χ0n) is 15.5. The molecule has 4 rings (SSSR count). The van der Waals surface area contributed by atoms with E-state index in [-0.39, 0.29) is 12.1 Å². The van der Waals surface area contributed by atoms with Gasteiger partial charge in [-0.05, 0) is 42.3 Å². The van der Waals surface area contributed by atoms with Gasteiger partial charge in [0.15, 0.2) is 0 Å².